The Morgan fingerprint density at radius 3 is 2.91 bits per heavy atom. The molecule has 0 unspecified atom stereocenters. The zero-order valence-corrected chi connectivity index (χ0v) is 21.6. The van der Waals surface area contributed by atoms with E-state index in [9.17, 15) is 4.79 Å². The van der Waals surface area contributed by atoms with Crippen LogP contribution in [0.5, 0.6) is 0 Å². The molecular weight excluding hydrogens is 476 g/mol. The number of fused-ring (bicyclic) bond motifs is 6. The molecule has 3 aliphatic rings. The van der Waals surface area contributed by atoms with Gasteiger partial charge < -0.3 is 5.32 Å². The first-order chi connectivity index (χ1) is 17.1. The second-order valence-corrected chi connectivity index (χ2v) is 11.4. The van der Waals surface area contributed by atoms with Crippen LogP contribution < -0.4 is 5.32 Å². The summed E-state index contributed by atoms with van der Waals surface area (Å²) in [6, 6.07) is 7.79. The zero-order valence-electron chi connectivity index (χ0n) is 20.0. The van der Waals surface area contributed by atoms with Crippen LogP contribution in [0.15, 0.2) is 56.8 Å². The van der Waals surface area contributed by atoms with Gasteiger partial charge in [-0.25, -0.2) is 4.98 Å². The van der Waals surface area contributed by atoms with Crippen molar-refractivity contribution < 1.29 is 4.79 Å². The van der Waals surface area contributed by atoms with Gasteiger partial charge in [0.1, 0.15) is 11.7 Å². The quantitative estimate of drug-likeness (QED) is 0.409. The number of rotatable bonds is 7. The summed E-state index contributed by atoms with van der Waals surface area (Å²) in [5, 5.41) is 12.7. The van der Waals surface area contributed by atoms with E-state index in [4.69, 9.17) is 9.98 Å². The van der Waals surface area contributed by atoms with E-state index in [2.05, 4.69) is 22.4 Å². The maximum absolute atomic E-state index is 12.5. The molecule has 1 amide bonds. The van der Waals surface area contributed by atoms with Gasteiger partial charge in [-0.15, -0.1) is 10.2 Å². The predicted octanol–water partition coefficient (Wildman–Crippen LogP) is 5.80. The van der Waals surface area contributed by atoms with E-state index in [1.807, 2.05) is 41.9 Å². The Labute approximate surface area is 213 Å². The average Bonchev–Trinajstić information content (AvgIpc) is 3.58. The van der Waals surface area contributed by atoms with Gasteiger partial charge in [-0.1, -0.05) is 60.1 Å². The van der Waals surface area contributed by atoms with Crippen LogP contribution in [0.2, 0.25) is 0 Å². The van der Waals surface area contributed by atoms with Gasteiger partial charge >= 0.3 is 0 Å². The second kappa shape index (κ2) is 9.43. The van der Waals surface area contributed by atoms with E-state index < -0.39 is 0 Å². The molecule has 1 N–H and O–H groups in total. The Bertz CT molecular complexity index is 1360. The van der Waals surface area contributed by atoms with Gasteiger partial charge in [-0.05, 0) is 56.7 Å². The van der Waals surface area contributed by atoms with Crippen LogP contribution in [-0.2, 0) is 4.79 Å². The summed E-state index contributed by atoms with van der Waals surface area (Å²) >= 11 is 3.15. The highest BCUT2D eigenvalue weighted by molar-refractivity contribution is 8.00. The number of hydrogen-bond donors (Lipinski definition) is 1. The molecule has 2 atom stereocenters. The number of unbranched alkanes of at least 4 members (excludes halogenated alkanes) is 1. The highest BCUT2D eigenvalue weighted by Crippen LogP contribution is 2.55. The first kappa shape index (κ1) is 22.8. The van der Waals surface area contributed by atoms with Crippen LogP contribution in [0.3, 0.4) is 0 Å². The van der Waals surface area contributed by atoms with E-state index in [0.717, 1.165) is 46.7 Å². The molecule has 9 heteroatoms. The lowest BCUT2D eigenvalue weighted by Crippen LogP contribution is -2.21. The number of allylic oxidation sites excluding steroid dienone is 1. The molecule has 0 saturated heterocycles. The summed E-state index contributed by atoms with van der Waals surface area (Å²) in [5.74, 6) is 0.446. The van der Waals surface area contributed by atoms with E-state index in [-0.39, 0.29) is 23.0 Å². The Morgan fingerprint density at radius 1 is 1.23 bits per heavy atom. The number of aryl methyl sites for hydroxylation is 1. The topological polar surface area (TPSA) is 84.5 Å². The molecule has 2 aliphatic heterocycles. The fourth-order valence-corrected chi connectivity index (χ4v) is 7.32. The van der Waals surface area contributed by atoms with E-state index in [1.54, 1.807) is 17.3 Å². The minimum absolute atomic E-state index is 0.0697. The fourth-order valence-electron chi connectivity index (χ4n) is 5.22. The number of carbonyl (C=O) groups is 1. The number of amides is 1. The predicted molar refractivity (Wildman–Crippen MR) is 142 cm³/mol. The van der Waals surface area contributed by atoms with Gasteiger partial charge in [0.15, 0.2) is 10.8 Å². The largest absolute Gasteiger partial charge is 0.325 e. The molecule has 3 aromatic rings. The van der Waals surface area contributed by atoms with Gasteiger partial charge in [0.25, 0.3) is 0 Å². The molecule has 7 nitrogen and oxygen atoms in total. The maximum atomic E-state index is 12.5. The minimum Gasteiger partial charge on any atom is -0.325 e. The number of nitrogens with one attached hydrogen (secondary N) is 1. The van der Waals surface area contributed by atoms with Crippen LogP contribution in [0, 0.1) is 6.92 Å². The number of hydrogen-bond acceptors (Lipinski definition) is 7. The van der Waals surface area contributed by atoms with Gasteiger partial charge in [-0.3, -0.25) is 14.2 Å². The van der Waals surface area contributed by atoms with Crippen molar-refractivity contribution in [1.82, 2.24) is 19.6 Å². The summed E-state index contributed by atoms with van der Waals surface area (Å²) in [6.07, 6.45) is 8.80. The molecule has 1 aliphatic carbocycles. The molecule has 0 bridgehead atoms. The molecule has 0 saturated carbocycles. The Morgan fingerprint density at radius 2 is 2.09 bits per heavy atom. The number of dihydropyridines is 1. The molecule has 0 fully saturated rings. The fraction of sp³-hybridized carbons (Fsp3) is 0.423. The second-order valence-electron chi connectivity index (χ2n) is 9.36. The van der Waals surface area contributed by atoms with Crippen LogP contribution in [0.25, 0.3) is 5.65 Å². The first-order valence-electron chi connectivity index (χ1n) is 12.3. The lowest BCUT2D eigenvalue weighted by atomic mass is 9.87. The van der Waals surface area contributed by atoms with E-state index in [0.29, 0.717) is 5.16 Å². The third-order valence-corrected chi connectivity index (χ3v) is 9.12. The summed E-state index contributed by atoms with van der Waals surface area (Å²) in [4.78, 5) is 23.7. The molecule has 0 spiro atoms. The van der Waals surface area contributed by atoms with Gasteiger partial charge in [-0.2, -0.15) is 0 Å². The molecule has 6 rings (SSSR count). The van der Waals surface area contributed by atoms with E-state index in [1.165, 1.54) is 42.3 Å². The number of anilines is 1. The summed E-state index contributed by atoms with van der Waals surface area (Å²) in [6.45, 7) is 4.27. The lowest BCUT2D eigenvalue weighted by molar-refractivity contribution is -0.113. The lowest BCUT2D eigenvalue weighted by Gasteiger charge is -2.26. The molecule has 180 valence electrons. The highest BCUT2D eigenvalue weighted by atomic mass is 32.2. The Kier molecular flexibility index (Phi) is 6.14. The van der Waals surface area contributed by atoms with Crippen molar-refractivity contribution in [1.29, 1.82) is 0 Å². The van der Waals surface area contributed by atoms with Crippen molar-refractivity contribution >= 4 is 46.5 Å². The van der Waals surface area contributed by atoms with Gasteiger partial charge in [0, 0.05) is 11.4 Å². The van der Waals surface area contributed by atoms with Gasteiger partial charge in [0.05, 0.1) is 22.3 Å². The molecule has 0 radical (unpaired) electrons. The summed E-state index contributed by atoms with van der Waals surface area (Å²) < 4.78 is 1.92. The maximum Gasteiger partial charge on any atom is 0.234 e. The molecule has 35 heavy (non-hydrogen) atoms. The standard InChI is InChI=1S/C26H28N6OS2/c1-3-4-8-19-17-6-5-7-18(17)21-22-23(35-25(21)29-19)24-30-31-26(32(24)14-27-22)34-13-20(33)28-16-11-9-15(2)10-12-16/h9-12,14,21,25H,3-8,13H2,1-2H3,(H,28,33)/t21-,25-/m1/s1. The van der Waals surface area contributed by atoms with Crippen LogP contribution in [0.1, 0.15) is 62.6 Å². The van der Waals surface area contributed by atoms with Crippen molar-refractivity contribution in [2.45, 2.75) is 73.7 Å². The van der Waals surface area contributed by atoms with Crippen molar-refractivity contribution in [2.24, 2.45) is 4.99 Å². The Hall–Kier alpha value is -2.65. The zero-order chi connectivity index (χ0) is 23.9. The third kappa shape index (κ3) is 4.18. The smallest absolute Gasteiger partial charge is 0.234 e. The van der Waals surface area contributed by atoms with Crippen molar-refractivity contribution in [2.75, 3.05) is 11.1 Å². The third-order valence-electron chi connectivity index (χ3n) is 6.93. The van der Waals surface area contributed by atoms with Crippen molar-refractivity contribution in [3.8, 4) is 0 Å². The highest BCUT2D eigenvalue weighted by Gasteiger charge is 2.44. The Balaban J connectivity index is 1.22. The molecular formula is C26H28N6OS2. The molecule has 1 aromatic carbocycles. The van der Waals surface area contributed by atoms with Crippen LogP contribution >= 0.6 is 23.5 Å². The normalized spacial score (nSPS) is 20.6. The van der Waals surface area contributed by atoms with Crippen molar-refractivity contribution in [3.05, 3.63) is 53.0 Å². The number of benzene rings is 1. The van der Waals surface area contributed by atoms with E-state index >= 15 is 0 Å². The number of thioether (sulfide) groups is 2. The number of carbonyl (C=O) groups excluding carboxylic acids is 1. The molecule has 4 heterocycles. The molecule has 2 aromatic heterocycles. The van der Waals surface area contributed by atoms with Crippen molar-refractivity contribution in [3.63, 3.8) is 0 Å². The average molecular weight is 505 g/mol. The monoisotopic (exact) mass is 504 g/mol. The van der Waals surface area contributed by atoms with Gasteiger partial charge in [0.2, 0.25) is 5.91 Å². The SMILES string of the molecule is CCCCC1=N[C@@H]2Sc3c(ncn4c(SCC(=O)Nc5ccc(C)cc5)nnc34)[C@H]2C2=C1CCC2. The number of nitrogens with zero attached hydrogens (tertiary/aromatic N) is 5. The summed E-state index contributed by atoms with van der Waals surface area (Å²) in [5.41, 5.74) is 8.27. The summed E-state index contributed by atoms with van der Waals surface area (Å²) in [7, 11) is 0. The van der Waals surface area contributed by atoms with Crippen LogP contribution in [0.4, 0.5) is 5.69 Å². The minimum atomic E-state index is -0.0697. The first-order valence-corrected chi connectivity index (χ1v) is 14.2. The number of aliphatic imine (C=N–C) groups is 1. The number of aromatic nitrogens is 4. The van der Waals surface area contributed by atoms with Crippen LogP contribution in [-0.4, -0.2) is 42.3 Å².